The summed E-state index contributed by atoms with van der Waals surface area (Å²) >= 11 is 1.30. The van der Waals surface area contributed by atoms with E-state index in [4.69, 9.17) is 10.8 Å². The van der Waals surface area contributed by atoms with Gasteiger partial charge in [0.1, 0.15) is 5.03 Å². The molecule has 1 aromatic rings. The monoisotopic (exact) mass is 227 g/mol. The Hall–Kier alpha value is -1.30. The molecule has 0 bridgehead atoms. The summed E-state index contributed by atoms with van der Waals surface area (Å²) in [6.07, 6.45) is 3.04. The van der Waals surface area contributed by atoms with E-state index >= 15 is 0 Å². The van der Waals surface area contributed by atoms with E-state index in [1.165, 1.54) is 24.2 Å². The second-order valence-electron chi connectivity index (χ2n) is 3.72. The molecule has 0 aliphatic rings. The molecule has 0 atom stereocenters. The van der Waals surface area contributed by atoms with E-state index in [1.54, 1.807) is 13.8 Å². The Labute approximate surface area is 92.1 Å². The van der Waals surface area contributed by atoms with E-state index in [1.807, 2.05) is 0 Å². The normalized spacial score (nSPS) is 11.3. The number of hydrogen-bond acceptors (Lipinski definition) is 5. The van der Waals surface area contributed by atoms with Crippen molar-refractivity contribution in [3.05, 3.63) is 12.4 Å². The average molecular weight is 227 g/mol. The molecule has 0 unspecified atom stereocenters. The number of anilines is 1. The average Bonchev–Trinajstić information content (AvgIpc) is 2.16. The molecule has 1 heterocycles. The zero-order valence-corrected chi connectivity index (χ0v) is 9.41. The Bertz CT molecular complexity index is 368. The van der Waals surface area contributed by atoms with E-state index < -0.39 is 11.4 Å². The first kappa shape index (κ1) is 11.8. The highest BCUT2D eigenvalue weighted by Crippen LogP contribution is 2.28. The lowest BCUT2D eigenvalue weighted by molar-refractivity contribution is -0.145. The number of nitrogen functional groups attached to an aromatic ring is 1. The van der Waals surface area contributed by atoms with Crippen LogP contribution in [0.25, 0.3) is 0 Å². The minimum atomic E-state index is -0.836. The lowest BCUT2D eigenvalue weighted by Crippen LogP contribution is -2.26. The highest BCUT2D eigenvalue weighted by atomic mass is 32.2. The molecule has 0 aromatic carbocycles. The molecule has 1 aromatic heterocycles. The van der Waals surface area contributed by atoms with E-state index in [2.05, 4.69) is 9.97 Å². The summed E-state index contributed by atoms with van der Waals surface area (Å²) in [5.74, 6) is -0.0910. The van der Waals surface area contributed by atoms with Crippen LogP contribution in [-0.4, -0.2) is 26.8 Å². The van der Waals surface area contributed by atoms with Crippen molar-refractivity contribution < 1.29 is 9.90 Å². The van der Waals surface area contributed by atoms with Gasteiger partial charge >= 0.3 is 5.97 Å². The number of thioether (sulfide) groups is 1. The van der Waals surface area contributed by atoms with Gasteiger partial charge in [0.2, 0.25) is 0 Å². The van der Waals surface area contributed by atoms with Gasteiger partial charge in [0.25, 0.3) is 0 Å². The summed E-state index contributed by atoms with van der Waals surface area (Å²) in [4.78, 5) is 18.7. The molecule has 0 saturated heterocycles. The third kappa shape index (κ3) is 3.09. The van der Waals surface area contributed by atoms with Gasteiger partial charge in [-0.1, -0.05) is 0 Å². The summed E-state index contributed by atoms with van der Waals surface area (Å²) in [6, 6.07) is 0. The van der Waals surface area contributed by atoms with Crippen LogP contribution in [0, 0.1) is 5.41 Å². The lowest BCUT2D eigenvalue weighted by atomic mass is 9.97. The van der Waals surface area contributed by atoms with Gasteiger partial charge in [-0.2, -0.15) is 0 Å². The highest BCUT2D eigenvalue weighted by molar-refractivity contribution is 7.99. The summed E-state index contributed by atoms with van der Waals surface area (Å²) in [6.45, 7) is 3.32. The van der Waals surface area contributed by atoms with Gasteiger partial charge in [0.15, 0.2) is 5.82 Å². The van der Waals surface area contributed by atoms with E-state index in [0.29, 0.717) is 16.6 Å². The number of hydrogen-bond donors (Lipinski definition) is 2. The van der Waals surface area contributed by atoms with Crippen molar-refractivity contribution in [2.45, 2.75) is 18.9 Å². The van der Waals surface area contributed by atoms with Crippen LogP contribution in [0.5, 0.6) is 0 Å². The minimum absolute atomic E-state index is 0.337. The van der Waals surface area contributed by atoms with E-state index in [9.17, 15) is 4.79 Å². The number of carboxylic acids is 1. The lowest BCUT2D eigenvalue weighted by Gasteiger charge is -2.17. The van der Waals surface area contributed by atoms with Crippen LogP contribution in [0.15, 0.2) is 17.4 Å². The number of aromatic nitrogens is 2. The second-order valence-corrected chi connectivity index (χ2v) is 4.69. The predicted octanol–water partition coefficient (Wildman–Crippen LogP) is 1.26. The zero-order chi connectivity index (χ0) is 11.5. The third-order valence-electron chi connectivity index (χ3n) is 1.84. The van der Waals surface area contributed by atoms with Gasteiger partial charge in [-0.05, 0) is 13.8 Å². The van der Waals surface area contributed by atoms with Crippen molar-refractivity contribution in [1.82, 2.24) is 9.97 Å². The Morgan fingerprint density at radius 2 is 2.13 bits per heavy atom. The molecule has 0 aliphatic carbocycles. The molecule has 0 radical (unpaired) electrons. The number of carboxylic acid groups (broad SMARTS) is 1. The molecule has 5 nitrogen and oxygen atoms in total. The number of aliphatic carboxylic acids is 1. The quantitative estimate of drug-likeness (QED) is 0.753. The molecule has 1 rings (SSSR count). The number of nitrogens with two attached hydrogens (primary N) is 1. The molecule has 82 valence electrons. The Morgan fingerprint density at radius 3 is 2.67 bits per heavy atom. The standard InChI is InChI=1S/C9H13N3O2S/c1-9(2,8(13)14)5-15-7-6(10)11-3-4-12-7/h3-4H,5H2,1-2H3,(H2,10,11)(H,13,14). The zero-order valence-electron chi connectivity index (χ0n) is 8.60. The van der Waals surface area contributed by atoms with Gasteiger partial charge in [-0.3, -0.25) is 4.79 Å². The van der Waals surface area contributed by atoms with Gasteiger partial charge < -0.3 is 10.8 Å². The first-order chi connectivity index (χ1) is 6.93. The van der Waals surface area contributed by atoms with E-state index in [-0.39, 0.29) is 0 Å². The molecule has 6 heteroatoms. The molecule has 3 N–H and O–H groups in total. The van der Waals surface area contributed by atoms with Crippen molar-refractivity contribution in [2.75, 3.05) is 11.5 Å². The predicted molar refractivity (Wildman–Crippen MR) is 58.6 cm³/mol. The highest BCUT2D eigenvalue weighted by Gasteiger charge is 2.27. The maximum Gasteiger partial charge on any atom is 0.309 e. The first-order valence-corrected chi connectivity index (χ1v) is 5.35. The minimum Gasteiger partial charge on any atom is -0.481 e. The van der Waals surface area contributed by atoms with Crippen molar-refractivity contribution in [3.8, 4) is 0 Å². The van der Waals surface area contributed by atoms with Gasteiger partial charge in [0, 0.05) is 18.1 Å². The SMILES string of the molecule is CC(C)(CSc1nccnc1N)C(=O)O. The van der Waals surface area contributed by atoms with Crippen molar-refractivity contribution >= 4 is 23.5 Å². The van der Waals surface area contributed by atoms with Gasteiger partial charge in [0.05, 0.1) is 5.41 Å². The molecular weight excluding hydrogens is 214 g/mol. The first-order valence-electron chi connectivity index (χ1n) is 4.36. The maximum absolute atomic E-state index is 10.8. The molecule has 15 heavy (non-hydrogen) atoms. The van der Waals surface area contributed by atoms with Gasteiger partial charge in [-0.15, -0.1) is 11.8 Å². The number of rotatable bonds is 4. The van der Waals surface area contributed by atoms with Crippen LogP contribution in [-0.2, 0) is 4.79 Å². The fourth-order valence-corrected chi connectivity index (χ4v) is 1.71. The molecule has 0 aliphatic heterocycles. The van der Waals surface area contributed by atoms with Gasteiger partial charge in [-0.25, -0.2) is 9.97 Å². The van der Waals surface area contributed by atoms with Crippen LogP contribution in [0.4, 0.5) is 5.82 Å². The van der Waals surface area contributed by atoms with E-state index in [0.717, 1.165) is 0 Å². The van der Waals surface area contributed by atoms with Crippen LogP contribution in [0.2, 0.25) is 0 Å². The van der Waals surface area contributed by atoms with Crippen molar-refractivity contribution in [3.63, 3.8) is 0 Å². The van der Waals surface area contributed by atoms with Crippen LogP contribution in [0.1, 0.15) is 13.8 Å². The molecule has 0 fully saturated rings. The Balaban J connectivity index is 2.66. The summed E-state index contributed by atoms with van der Waals surface area (Å²) in [7, 11) is 0. The Kier molecular flexibility index (Phi) is 3.52. The number of nitrogens with zero attached hydrogens (tertiary/aromatic N) is 2. The fourth-order valence-electron chi connectivity index (χ4n) is 0.758. The third-order valence-corrected chi connectivity index (χ3v) is 3.29. The van der Waals surface area contributed by atoms with Crippen LogP contribution >= 0.6 is 11.8 Å². The molecular formula is C9H13N3O2S. The molecule has 0 saturated carbocycles. The van der Waals surface area contributed by atoms with Crippen LogP contribution in [0.3, 0.4) is 0 Å². The summed E-state index contributed by atoms with van der Waals surface area (Å²) in [5.41, 5.74) is 4.79. The van der Waals surface area contributed by atoms with Crippen molar-refractivity contribution in [1.29, 1.82) is 0 Å². The fraction of sp³-hybridized carbons (Fsp3) is 0.444. The second kappa shape index (κ2) is 4.48. The summed E-state index contributed by atoms with van der Waals surface area (Å²) < 4.78 is 0. The maximum atomic E-state index is 10.8. The Morgan fingerprint density at radius 1 is 1.53 bits per heavy atom. The van der Waals surface area contributed by atoms with Crippen molar-refractivity contribution in [2.24, 2.45) is 5.41 Å². The summed E-state index contributed by atoms with van der Waals surface area (Å²) in [5, 5.41) is 9.48. The topological polar surface area (TPSA) is 89.1 Å². The molecule has 0 amide bonds. The largest absolute Gasteiger partial charge is 0.481 e. The number of carbonyl (C=O) groups is 1. The molecule has 0 spiro atoms. The smallest absolute Gasteiger partial charge is 0.309 e. The van der Waals surface area contributed by atoms with Crippen LogP contribution < -0.4 is 5.73 Å².